The Labute approximate surface area is 177 Å². The second kappa shape index (κ2) is 6.93. The molecule has 1 aliphatic rings. The molecule has 1 aromatic heterocycles. The van der Waals surface area contributed by atoms with Crippen molar-refractivity contribution < 1.29 is 13.2 Å². The van der Waals surface area contributed by atoms with Gasteiger partial charge >= 0.3 is 0 Å². The lowest BCUT2D eigenvalue weighted by Gasteiger charge is -2.12. The van der Waals surface area contributed by atoms with Gasteiger partial charge in [0.05, 0.1) is 21.5 Å². The maximum atomic E-state index is 12.8. The first-order valence-corrected chi connectivity index (χ1v) is 11.6. The first-order chi connectivity index (χ1) is 14.4. The molecule has 2 heterocycles. The number of sulfonamides is 1. The second-order valence-electron chi connectivity index (χ2n) is 7.09. The molecule has 1 amide bonds. The fraction of sp³-hybridized carbons (Fsp3) is 0.0909. The zero-order valence-corrected chi connectivity index (χ0v) is 17.6. The van der Waals surface area contributed by atoms with Gasteiger partial charge in [-0.3, -0.25) is 9.52 Å². The Balaban J connectivity index is 1.39. The Bertz CT molecular complexity index is 1360. The van der Waals surface area contributed by atoms with Crippen molar-refractivity contribution >= 4 is 48.9 Å². The smallest absolute Gasteiger partial charge is 0.261 e. The lowest BCUT2D eigenvalue weighted by molar-refractivity contribution is -0.117. The average molecular weight is 436 g/mol. The summed E-state index contributed by atoms with van der Waals surface area (Å²) in [5, 5.41) is 0.887. The number of hydrogen-bond donors (Lipinski definition) is 1. The Morgan fingerprint density at radius 3 is 2.57 bits per heavy atom. The standard InChI is InChI=1S/C22H17N3O3S2/c1-25-19-11-10-17(12-15(19)13-21(25)26)30(27,28)24-16-8-6-14(7-9-16)22-23-18-4-2-3-5-20(18)29-22/h2-12,24H,13H2,1H3. The molecule has 0 aliphatic carbocycles. The third-order valence-electron chi connectivity index (χ3n) is 5.12. The molecular formula is C22H17N3O3S2. The van der Waals surface area contributed by atoms with Gasteiger partial charge in [0.25, 0.3) is 10.0 Å². The first kappa shape index (κ1) is 18.8. The number of hydrogen-bond acceptors (Lipinski definition) is 5. The molecule has 150 valence electrons. The number of fused-ring (bicyclic) bond motifs is 2. The van der Waals surface area contributed by atoms with Crippen LogP contribution >= 0.6 is 11.3 Å². The van der Waals surface area contributed by atoms with E-state index in [4.69, 9.17) is 0 Å². The van der Waals surface area contributed by atoms with Crippen LogP contribution in [-0.2, 0) is 21.2 Å². The molecule has 0 unspecified atom stereocenters. The number of thiazole rings is 1. The summed E-state index contributed by atoms with van der Waals surface area (Å²) < 4.78 is 29.4. The predicted octanol–water partition coefficient (Wildman–Crippen LogP) is 4.28. The minimum absolute atomic E-state index is 0.0436. The van der Waals surface area contributed by atoms with E-state index in [1.165, 1.54) is 6.07 Å². The number of anilines is 2. The number of rotatable bonds is 4. The van der Waals surface area contributed by atoms with Crippen LogP contribution in [0.5, 0.6) is 0 Å². The van der Waals surface area contributed by atoms with Gasteiger partial charge in [0.2, 0.25) is 5.91 Å². The number of nitrogens with one attached hydrogen (secondary N) is 1. The van der Waals surface area contributed by atoms with Crippen LogP contribution in [0, 0.1) is 0 Å². The minimum atomic E-state index is -3.76. The fourth-order valence-electron chi connectivity index (χ4n) is 3.50. The number of benzene rings is 3. The van der Waals surface area contributed by atoms with Crippen LogP contribution in [0.3, 0.4) is 0 Å². The van der Waals surface area contributed by atoms with E-state index in [2.05, 4.69) is 9.71 Å². The SMILES string of the molecule is CN1C(=O)Cc2cc(S(=O)(=O)Nc3ccc(-c4nc5ccccc5s4)cc3)ccc21. The highest BCUT2D eigenvalue weighted by molar-refractivity contribution is 7.92. The predicted molar refractivity (Wildman–Crippen MR) is 119 cm³/mol. The van der Waals surface area contributed by atoms with E-state index in [1.807, 2.05) is 36.4 Å². The molecule has 8 heteroatoms. The van der Waals surface area contributed by atoms with Crippen LogP contribution in [0.1, 0.15) is 5.56 Å². The van der Waals surface area contributed by atoms with E-state index in [0.29, 0.717) is 5.69 Å². The highest BCUT2D eigenvalue weighted by Crippen LogP contribution is 2.32. The van der Waals surface area contributed by atoms with E-state index in [9.17, 15) is 13.2 Å². The van der Waals surface area contributed by atoms with Gasteiger partial charge in [0.15, 0.2) is 0 Å². The monoisotopic (exact) mass is 435 g/mol. The number of aromatic nitrogens is 1. The molecule has 0 bridgehead atoms. The van der Waals surface area contributed by atoms with Crippen molar-refractivity contribution in [3.63, 3.8) is 0 Å². The van der Waals surface area contributed by atoms with E-state index in [1.54, 1.807) is 47.5 Å². The molecule has 0 fully saturated rings. The van der Waals surface area contributed by atoms with Crippen molar-refractivity contribution in [2.75, 3.05) is 16.7 Å². The summed E-state index contributed by atoms with van der Waals surface area (Å²) in [6.07, 6.45) is 0.214. The average Bonchev–Trinajstić information content (AvgIpc) is 3.29. The van der Waals surface area contributed by atoms with Gasteiger partial charge in [-0.1, -0.05) is 12.1 Å². The van der Waals surface area contributed by atoms with Crippen LogP contribution in [0.15, 0.2) is 71.6 Å². The zero-order valence-electron chi connectivity index (χ0n) is 16.0. The number of nitrogens with zero attached hydrogens (tertiary/aromatic N) is 2. The second-order valence-corrected chi connectivity index (χ2v) is 9.80. The molecule has 0 saturated heterocycles. The summed E-state index contributed by atoms with van der Waals surface area (Å²) in [5.41, 5.74) is 3.81. The van der Waals surface area contributed by atoms with Crippen molar-refractivity contribution in [1.82, 2.24) is 4.98 Å². The molecule has 0 radical (unpaired) electrons. The van der Waals surface area contributed by atoms with Gasteiger partial charge in [0.1, 0.15) is 5.01 Å². The van der Waals surface area contributed by atoms with Gasteiger partial charge in [-0.2, -0.15) is 0 Å². The van der Waals surface area contributed by atoms with Gasteiger partial charge in [-0.15, -0.1) is 11.3 Å². The Morgan fingerprint density at radius 2 is 1.80 bits per heavy atom. The van der Waals surface area contributed by atoms with Gasteiger partial charge < -0.3 is 4.90 Å². The molecule has 6 nitrogen and oxygen atoms in total. The largest absolute Gasteiger partial charge is 0.315 e. The highest BCUT2D eigenvalue weighted by atomic mass is 32.2. The van der Waals surface area contributed by atoms with Crippen LogP contribution in [-0.4, -0.2) is 26.4 Å². The Morgan fingerprint density at radius 1 is 1.03 bits per heavy atom. The van der Waals surface area contributed by atoms with Gasteiger partial charge in [0, 0.05) is 24.0 Å². The van der Waals surface area contributed by atoms with E-state index in [0.717, 1.165) is 32.0 Å². The summed E-state index contributed by atoms with van der Waals surface area (Å²) in [6, 6.07) is 19.8. The number of carbonyl (C=O) groups is 1. The molecule has 0 spiro atoms. The van der Waals surface area contributed by atoms with E-state index < -0.39 is 10.0 Å². The summed E-state index contributed by atoms with van der Waals surface area (Å²) in [4.78, 5) is 18.2. The minimum Gasteiger partial charge on any atom is -0.315 e. The maximum absolute atomic E-state index is 12.8. The van der Waals surface area contributed by atoms with Crippen molar-refractivity contribution in [1.29, 1.82) is 0 Å². The molecular weight excluding hydrogens is 418 g/mol. The molecule has 4 aromatic rings. The summed E-state index contributed by atoms with van der Waals surface area (Å²) in [7, 11) is -2.07. The molecule has 5 rings (SSSR count). The van der Waals surface area contributed by atoms with Crippen LogP contribution in [0.4, 0.5) is 11.4 Å². The van der Waals surface area contributed by atoms with Crippen LogP contribution < -0.4 is 9.62 Å². The summed E-state index contributed by atoms with van der Waals surface area (Å²) >= 11 is 1.60. The topological polar surface area (TPSA) is 79.4 Å². The highest BCUT2D eigenvalue weighted by Gasteiger charge is 2.26. The number of para-hydroxylation sites is 1. The molecule has 0 atom stereocenters. The Hall–Kier alpha value is -3.23. The van der Waals surface area contributed by atoms with Crippen molar-refractivity contribution in [3.05, 3.63) is 72.3 Å². The van der Waals surface area contributed by atoms with Gasteiger partial charge in [-0.05, 0) is 60.2 Å². The lowest BCUT2D eigenvalue weighted by Crippen LogP contribution is -2.20. The van der Waals surface area contributed by atoms with Crippen LogP contribution in [0.25, 0.3) is 20.8 Å². The lowest BCUT2D eigenvalue weighted by atomic mass is 10.2. The molecule has 3 aromatic carbocycles. The summed E-state index contributed by atoms with van der Waals surface area (Å²) in [5.74, 6) is -0.0436. The van der Waals surface area contributed by atoms with Crippen molar-refractivity contribution in [2.24, 2.45) is 0 Å². The molecule has 30 heavy (non-hydrogen) atoms. The number of amides is 1. The number of likely N-dealkylation sites (N-methyl/N-ethyl adjacent to an activating group) is 1. The first-order valence-electron chi connectivity index (χ1n) is 9.29. The van der Waals surface area contributed by atoms with E-state index >= 15 is 0 Å². The van der Waals surface area contributed by atoms with Crippen molar-refractivity contribution in [2.45, 2.75) is 11.3 Å². The van der Waals surface area contributed by atoms with Crippen LogP contribution in [0.2, 0.25) is 0 Å². The quantitative estimate of drug-likeness (QED) is 0.519. The van der Waals surface area contributed by atoms with E-state index in [-0.39, 0.29) is 17.2 Å². The zero-order chi connectivity index (χ0) is 20.9. The van der Waals surface area contributed by atoms with Crippen molar-refractivity contribution in [3.8, 4) is 10.6 Å². The molecule has 1 aliphatic heterocycles. The molecule has 1 N–H and O–H groups in total. The van der Waals surface area contributed by atoms with Gasteiger partial charge in [-0.25, -0.2) is 13.4 Å². The Kier molecular flexibility index (Phi) is 4.34. The summed E-state index contributed by atoms with van der Waals surface area (Å²) in [6.45, 7) is 0. The third kappa shape index (κ3) is 3.24. The normalized spacial score (nSPS) is 13.6. The third-order valence-corrected chi connectivity index (χ3v) is 7.58. The number of carbonyl (C=O) groups excluding carboxylic acids is 1. The fourth-order valence-corrected chi connectivity index (χ4v) is 5.58. The maximum Gasteiger partial charge on any atom is 0.261 e. The molecule has 0 saturated carbocycles.